The Morgan fingerprint density at radius 2 is 2.29 bits per heavy atom. The molecule has 8 heteroatoms. The monoisotopic (exact) mass is 346 g/mol. The Hall–Kier alpha value is -2.48. The summed E-state index contributed by atoms with van der Waals surface area (Å²) in [6, 6.07) is 5.28. The number of aromatic nitrogens is 2. The van der Waals surface area contributed by atoms with Crippen LogP contribution in [0.1, 0.15) is 35.1 Å². The van der Waals surface area contributed by atoms with Crippen molar-refractivity contribution < 1.29 is 14.3 Å². The fourth-order valence-corrected chi connectivity index (χ4v) is 3.33. The van der Waals surface area contributed by atoms with Gasteiger partial charge in [-0.15, -0.1) is 5.10 Å². The topological polar surface area (TPSA) is 84.4 Å². The lowest BCUT2D eigenvalue weighted by molar-refractivity contribution is -0.117. The van der Waals surface area contributed by atoms with Crippen molar-refractivity contribution in [1.29, 1.82) is 0 Å². The highest BCUT2D eigenvalue weighted by Crippen LogP contribution is 2.34. The first kappa shape index (κ1) is 16.4. The van der Waals surface area contributed by atoms with Gasteiger partial charge in [0.05, 0.1) is 18.5 Å². The molecule has 3 rings (SSSR count). The Kier molecular flexibility index (Phi) is 4.75. The molecule has 0 saturated carbocycles. The maximum atomic E-state index is 12.4. The molecular formula is C16H18N4O3S. The lowest BCUT2D eigenvalue weighted by Crippen LogP contribution is -2.24. The van der Waals surface area contributed by atoms with Crippen LogP contribution in [0.3, 0.4) is 0 Å². The summed E-state index contributed by atoms with van der Waals surface area (Å²) in [4.78, 5) is 26.5. The first-order valence-corrected chi connectivity index (χ1v) is 8.52. The predicted octanol–water partition coefficient (Wildman–Crippen LogP) is 2.49. The molecule has 1 aliphatic rings. The molecule has 7 nitrogen and oxygen atoms in total. The van der Waals surface area contributed by atoms with Crippen LogP contribution in [-0.2, 0) is 11.2 Å². The predicted molar refractivity (Wildman–Crippen MR) is 91.8 cm³/mol. The van der Waals surface area contributed by atoms with Gasteiger partial charge in [0, 0.05) is 24.7 Å². The van der Waals surface area contributed by atoms with Crippen molar-refractivity contribution in [3.05, 3.63) is 28.8 Å². The second-order valence-corrected chi connectivity index (χ2v) is 6.15. The second kappa shape index (κ2) is 6.96. The molecule has 1 fully saturated rings. The highest BCUT2D eigenvalue weighted by atomic mass is 32.1. The summed E-state index contributed by atoms with van der Waals surface area (Å²) in [6.45, 7) is 2.62. The van der Waals surface area contributed by atoms with Crippen LogP contribution in [-0.4, -0.2) is 35.1 Å². The number of nitrogens with one attached hydrogen (secondary N) is 1. The summed E-state index contributed by atoms with van der Waals surface area (Å²) in [5, 5.41) is 6.78. The molecule has 1 saturated heterocycles. The average Bonchev–Trinajstić information content (AvgIpc) is 3.23. The van der Waals surface area contributed by atoms with Gasteiger partial charge in [-0.1, -0.05) is 11.4 Å². The number of amides is 2. The maximum absolute atomic E-state index is 12.4. The van der Waals surface area contributed by atoms with E-state index in [0.29, 0.717) is 41.4 Å². The average molecular weight is 346 g/mol. The molecular weight excluding hydrogens is 328 g/mol. The molecule has 1 aliphatic heterocycles. The van der Waals surface area contributed by atoms with E-state index in [-0.39, 0.29) is 11.8 Å². The summed E-state index contributed by atoms with van der Waals surface area (Å²) in [7, 11) is 1.55. The van der Waals surface area contributed by atoms with E-state index < -0.39 is 0 Å². The summed E-state index contributed by atoms with van der Waals surface area (Å²) in [6.07, 6.45) is 2.05. The van der Waals surface area contributed by atoms with Crippen molar-refractivity contribution >= 4 is 34.7 Å². The normalized spacial score (nSPS) is 14.1. The number of ether oxygens (including phenoxy) is 1. The second-order valence-electron chi connectivity index (χ2n) is 5.39. The molecule has 0 unspecified atom stereocenters. The van der Waals surface area contributed by atoms with Crippen LogP contribution < -0.4 is 15.0 Å². The molecule has 0 atom stereocenters. The molecule has 0 spiro atoms. The van der Waals surface area contributed by atoms with E-state index in [1.54, 1.807) is 30.2 Å². The zero-order chi connectivity index (χ0) is 17.1. The highest BCUT2D eigenvalue weighted by molar-refractivity contribution is 7.08. The summed E-state index contributed by atoms with van der Waals surface area (Å²) in [5.74, 6) is 0.406. The van der Waals surface area contributed by atoms with Crippen LogP contribution >= 0.6 is 11.5 Å². The standard InChI is InChI=1S/C16H18N4O3S/c1-3-11-15(24-19-18-11)16(22)17-10-6-7-12(13(9-10)23-2)20-8-4-5-14(20)21/h6-7,9H,3-5,8H2,1-2H3,(H,17,22). The minimum absolute atomic E-state index is 0.0911. The zero-order valence-electron chi connectivity index (χ0n) is 13.5. The van der Waals surface area contributed by atoms with Crippen molar-refractivity contribution in [1.82, 2.24) is 9.59 Å². The maximum Gasteiger partial charge on any atom is 0.269 e. The molecule has 2 heterocycles. The van der Waals surface area contributed by atoms with Crippen molar-refractivity contribution in [2.45, 2.75) is 26.2 Å². The number of hydrogen-bond acceptors (Lipinski definition) is 6. The van der Waals surface area contributed by atoms with E-state index >= 15 is 0 Å². The minimum atomic E-state index is -0.242. The first-order chi connectivity index (χ1) is 11.6. The molecule has 1 aromatic carbocycles. The van der Waals surface area contributed by atoms with Crippen LogP contribution in [0.2, 0.25) is 0 Å². The quantitative estimate of drug-likeness (QED) is 0.899. The van der Waals surface area contributed by atoms with Gasteiger partial charge in [-0.2, -0.15) is 0 Å². The van der Waals surface area contributed by atoms with Crippen molar-refractivity contribution in [2.75, 3.05) is 23.9 Å². The Labute approximate surface area is 143 Å². The summed E-state index contributed by atoms with van der Waals surface area (Å²) < 4.78 is 9.22. The fourth-order valence-electron chi connectivity index (χ4n) is 2.68. The van der Waals surface area contributed by atoms with Crippen LogP contribution in [0.25, 0.3) is 0 Å². The van der Waals surface area contributed by atoms with Crippen molar-refractivity contribution in [3.63, 3.8) is 0 Å². The third kappa shape index (κ3) is 3.09. The number of carbonyl (C=O) groups is 2. The summed E-state index contributed by atoms with van der Waals surface area (Å²) >= 11 is 1.08. The van der Waals surface area contributed by atoms with Gasteiger partial charge in [0.2, 0.25) is 5.91 Å². The van der Waals surface area contributed by atoms with Gasteiger partial charge in [-0.05, 0) is 36.5 Å². The Morgan fingerprint density at radius 3 is 2.96 bits per heavy atom. The van der Waals surface area contributed by atoms with E-state index in [9.17, 15) is 9.59 Å². The third-order valence-corrected chi connectivity index (χ3v) is 4.67. The van der Waals surface area contributed by atoms with Crippen LogP contribution in [0.4, 0.5) is 11.4 Å². The summed E-state index contributed by atoms with van der Waals surface area (Å²) in [5.41, 5.74) is 2.01. The van der Waals surface area contributed by atoms with Gasteiger partial charge < -0.3 is 15.0 Å². The number of nitrogens with zero attached hydrogens (tertiary/aromatic N) is 3. The number of benzene rings is 1. The van der Waals surface area contributed by atoms with Crippen LogP contribution in [0.15, 0.2) is 18.2 Å². The molecule has 0 aliphatic carbocycles. The van der Waals surface area contributed by atoms with Crippen LogP contribution in [0.5, 0.6) is 5.75 Å². The molecule has 0 radical (unpaired) electrons. The van der Waals surface area contributed by atoms with E-state index in [0.717, 1.165) is 23.6 Å². The van der Waals surface area contributed by atoms with Gasteiger partial charge in [0.1, 0.15) is 10.6 Å². The molecule has 126 valence electrons. The van der Waals surface area contributed by atoms with E-state index in [1.807, 2.05) is 6.92 Å². The smallest absolute Gasteiger partial charge is 0.269 e. The number of rotatable bonds is 5. The van der Waals surface area contributed by atoms with Crippen LogP contribution in [0, 0.1) is 0 Å². The Bertz CT molecular complexity index is 774. The van der Waals surface area contributed by atoms with E-state index in [1.165, 1.54) is 0 Å². The van der Waals surface area contributed by atoms with Gasteiger partial charge in [-0.25, -0.2) is 0 Å². The van der Waals surface area contributed by atoms with Crippen molar-refractivity contribution in [3.8, 4) is 5.75 Å². The molecule has 2 amide bonds. The van der Waals surface area contributed by atoms with Gasteiger partial charge >= 0.3 is 0 Å². The lowest BCUT2D eigenvalue weighted by atomic mass is 10.2. The van der Waals surface area contributed by atoms with E-state index in [2.05, 4.69) is 14.9 Å². The molecule has 24 heavy (non-hydrogen) atoms. The highest BCUT2D eigenvalue weighted by Gasteiger charge is 2.25. The zero-order valence-corrected chi connectivity index (χ0v) is 14.4. The molecule has 2 aromatic rings. The van der Waals surface area contributed by atoms with Gasteiger partial charge in [0.15, 0.2) is 0 Å². The lowest BCUT2D eigenvalue weighted by Gasteiger charge is -2.19. The number of hydrogen-bond donors (Lipinski definition) is 1. The molecule has 1 N–H and O–H groups in total. The van der Waals surface area contributed by atoms with E-state index in [4.69, 9.17) is 4.74 Å². The minimum Gasteiger partial charge on any atom is -0.494 e. The molecule has 1 aromatic heterocycles. The van der Waals surface area contributed by atoms with Gasteiger partial charge in [-0.3, -0.25) is 9.59 Å². The number of carbonyl (C=O) groups excluding carboxylic acids is 2. The Morgan fingerprint density at radius 1 is 1.46 bits per heavy atom. The fraction of sp³-hybridized carbons (Fsp3) is 0.375. The molecule has 0 bridgehead atoms. The Balaban J connectivity index is 1.82. The van der Waals surface area contributed by atoms with Gasteiger partial charge in [0.25, 0.3) is 5.91 Å². The number of aryl methyl sites for hydroxylation is 1. The first-order valence-electron chi connectivity index (χ1n) is 7.75. The van der Waals surface area contributed by atoms with Crippen molar-refractivity contribution in [2.24, 2.45) is 0 Å². The number of methoxy groups -OCH3 is 1. The third-order valence-electron chi connectivity index (χ3n) is 3.90. The largest absolute Gasteiger partial charge is 0.494 e. The SMILES string of the molecule is CCc1nnsc1C(=O)Nc1ccc(N2CCCC2=O)c(OC)c1. The number of anilines is 2.